The summed E-state index contributed by atoms with van der Waals surface area (Å²) in [6.07, 6.45) is 2.07. The van der Waals surface area contributed by atoms with Crippen LogP contribution in [0.25, 0.3) is 0 Å². The molecule has 0 atom stereocenters. The van der Waals surface area contributed by atoms with Crippen molar-refractivity contribution in [2.75, 3.05) is 6.61 Å². The van der Waals surface area contributed by atoms with Crippen molar-refractivity contribution in [2.24, 2.45) is 0 Å². The fourth-order valence-electron chi connectivity index (χ4n) is 3.54. The molecule has 1 nitrogen and oxygen atoms in total. The van der Waals surface area contributed by atoms with Crippen LogP contribution < -0.4 is 0 Å². The molecule has 0 saturated carbocycles. The van der Waals surface area contributed by atoms with Gasteiger partial charge in [-0.2, -0.15) is 0 Å². The minimum atomic E-state index is -0.0794. The summed E-state index contributed by atoms with van der Waals surface area (Å²) in [7, 11) is 0. The summed E-state index contributed by atoms with van der Waals surface area (Å²) in [5, 5.41) is 0. The average molecular weight is 266 g/mol. The van der Waals surface area contributed by atoms with Gasteiger partial charge >= 0.3 is 0 Å². The predicted octanol–water partition coefficient (Wildman–Crippen LogP) is 4.56. The largest absolute Gasteiger partial charge is 0.375 e. The molecule has 0 N–H and O–H groups in total. The van der Waals surface area contributed by atoms with Gasteiger partial charge in [-0.3, -0.25) is 0 Å². The highest BCUT2D eigenvalue weighted by Crippen LogP contribution is 2.46. The molecule has 104 valence electrons. The van der Waals surface area contributed by atoms with E-state index in [0.29, 0.717) is 0 Å². The van der Waals surface area contributed by atoms with Gasteiger partial charge in [0.25, 0.3) is 0 Å². The van der Waals surface area contributed by atoms with Gasteiger partial charge in [0.15, 0.2) is 0 Å². The smallest absolute Gasteiger partial charge is 0.0638 e. The standard InChI is InChI=1S/C19H22O/c1-18(2)15-19(13-14-20-18,16-9-5-3-6-10-16)17-11-7-4-8-12-17/h3-12H,13-15H2,1-2H3. The van der Waals surface area contributed by atoms with Gasteiger partial charge in [-0.25, -0.2) is 0 Å². The third-order valence-electron chi connectivity index (χ3n) is 4.40. The Kier molecular flexibility index (Phi) is 3.39. The lowest BCUT2D eigenvalue weighted by Crippen LogP contribution is -2.44. The van der Waals surface area contributed by atoms with Crippen LogP contribution in [-0.4, -0.2) is 12.2 Å². The van der Waals surface area contributed by atoms with Crippen molar-refractivity contribution in [1.82, 2.24) is 0 Å². The van der Waals surface area contributed by atoms with E-state index in [0.717, 1.165) is 19.4 Å². The van der Waals surface area contributed by atoms with Crippen LogP contribution in [0.5, 0.6) is 0 Å². The van der Waals surface area contributed by atoms with Crippen LogP contribution in [0.15, 0.2) is 60.7 Å². The van der Waals surface area contributed by atoms with Gasteiger partial charge in [0.05, 0.1) is 5.60 Å². The van der Waals surface area contributed by atoms with Crippen LogP contribution in [-0.2, 0) is 10.2 Å². The van der Waals surface area contributed by atoms with E-state index in [1.54, 1.807) is 0 Å². The van der Waals surface area contributed by atoms with E-state index in [4.69, 9.17) is 4.74 Å². The quantitative estimate of drug-likeness (QED) is 0.774. The molecular formula is C19H22O. The van der Waals surface area contributed by atoms with Crippen LogP contribution in [0.1, 0.15) is 37.8 Å². The molecule has 2 aromatic rings. The van der Waals surface area contributed by atoms with Crippen LogP contribution >= 0.6 is 0 Å². The first-order valence-electron chi connectivity index (χ1n) is 7.37. The van der Waals surface area contributed by atoms with Crippen molar-refractivity contribution in [3.63, 3.8) is 0 Å². The molecule has 1 aliphatic heterocycles. The van der Waals surface area contributed by atoms with Gasteiger partial charge in [0.1, 0.15) is 0 Å². The summed E-state index contributed by atoms with van der Waals surface area (Å²) >= 11 is 0. The Labute approximate surface area is 121 Å². The van der Waals surface area contributed by atoms with Crippen molar-refractivity contribution in [3.8, 4) is 0 Å². The monoisotopic (exact) mass is 266 g/mol. The second-order valence-corrected chi connectivity index (χ2v) is 6.35. The highest BCUT2D eigenvalue weighted by atomic mass is 16.5. The molecule has 1 heterocycles. The molecule has 0 amide bonds. The number of hydrogen-bond acceptors (Lipinski definition) is 1. The van der Waals surface area contributed by atoms with Crippen LogP contribution in [0.2, 0.25) is 0 Å². The Balaban J connectivity index is 2.13. The molecule has 1 saturated heterocycles. The van der Waals surface area contributed by atoms with Crippen molar-refractivity contribution >= 4 is 0 Å². The minimum Gasteiger partial charge on any atom is -0.375 e. The maximum Gasteiger partial charge on any atom is 0.0638 e. The molecule has 1 aliphatic rings. The first-order valence-corrected chi connectivity index (χ1v) is 7.37. The van der Waals surface area contributed by atoms with E-state index in [1.165, 1.54) is 11.1 Å². The molecule has 20 heavy (non-hydrogen) atoms. The zero-order valence-corrected chi connectivity index (χ0v) is 12.3. The first kappa shape index (κ1) is 13.4. The van der Waals surface area contributed by atoms with Crippen molar-refractivity contribution in [2.45, 2.75) is 37.7 Å². The average Bonchev–Trinajstić information content (AvgIpc) is 2.48. The van der Waals surface area contributed by atoms with E-state index in [-0.39, 0.29) is 11.0 Å². The molecule has 3 rings (SSSR count). The summed E-state index contributed by atoms with van der Waals surface area (Å²) in [5.41, 5.74) is 2.80. The van der Waals surface area contributed by atoms with Gasteiger partial charge in [-0.15, -0.1) is 0 Å². The molecule has 0 aromatic heterocycles. The lowest BCUT2D eigenvalue weighted by molar-refractivity contribution is -0.0744. The maximum absolute atomic E-state index is 5.96. The highest BCUT2D eigenvalue weighted by Gasteiger charge is 2.43. The van der Waals surface area contributed by atoms with Crippen molar-refractivity contribution in [3.05, 3.63) is 71.8 Å². The third kappa shape index (κ3) is 2.38. The Hall–Kier alpha value is -1.60. The van der Waals surface area contributed by atoms with Gasteiger partial charge < -0.3 is 4.74 Å². The zero-order valence-electron chi connectivity index (χ0n) is 12.3. The zero-order chi connectivity index (χ0) is 14.1. The lowest BCUT2D eigenvalue weighted by Gasteiger charge is -2.45. The predicted molar refractivity (Wildman–Crippen MR) is 82.9 cm³/mol. The Morgan fingerprint density at radius 3 is 1.75 bits per heavy atom. The van der Waals surface area contributed by atoms with E-state index in [2.05, 4.69) is 74.5 Å². The van der Waals surface area contributed by atoms with E-state index in [1.807, 2.05) is 0 Å². The maximum atomic E-state index is 5.96. The topological polar surface area (TPSA) is 9.23 Å². The van der Waals surface area contributed by atoms with E-state index < -0.39 is 0 Å². The van der Waals surface area contributed by atoms with Crippen LogP contribution in [0.3, 0.4) is 0 Å². The first-order chi connectivity index (χ1) is 9.62. The number of rotatable bonds is 2. The Morgan fingerprint density at radius 1 is 0.800 bits per heavy atom. The molecule has 0 unspecified atom stereocenters. The molecular weight excluding hydrogens is 244 g/mol. The summed E-state index contributed by atoms with van der Waals surface area (Å²) < 4.78 is 5.96. The molecule has 0 spiro atoms. The molecule has 0 aliphatic carbocycles. The van der Waals surface area contributed by atoms with Crippen molar-refractivity contribution in [1.29, 1.82) is 0 Å². The third-order valence-corrected chi connectivity index (χ3v) is 4.40. The number of hydrogen-bond donors (Lipinski definition) is 0. The van der Waals surface area contributed by atoms with E-state index >= 15 is 0 Å². The van der Waals surface area contributed by atoms with Crippen LogP contribution in [0.4, 0.5) is 0 Å². The normalized spacial score (nSPS) is 20.5. The summed E-state index contributed by atoms with van der Waals surface area (Å²) in [6, 6.07) is 21.8. The fraction of sp³-hybridized carbons (Fsp3) is 0.368. The van der Waals surface area contributed by atoms with Crippen LogP contribution in [0, 0.1) is 0 Å². The van der Waals surface area contributed by atoms with Gasteiger partial charge in [-0.1, -0.05) is 60.7 Å². The van der Waals surface area contributed by atoms with Gasteiger partial charge in [0.2, 0.25) is 0 Å². The molecule has 1 fully saturated rings. The molecule has 0 bridgehead atoms. The number of ether oxygens (including phenoxy) is 1. The second-order valence-electron chi connectivity index (χ2n) is 6.35. The molecule has 1 heteroatoms. The minimum absolute atomic E-state index is 0.0737. The van der Waals surface area contributed by atoms with E-state index in [9.17, 15) is 0 Å². The Bertz CT molecular complexity index is 517. The number of benzene rings is 2. The van der Waals surface area contributed by atoms with Gasteiger partial charge in [0, 0.05) is 12.0 Å². The second kappa shape index (κ2) is 5.06. The Morgan fingerprint density at radius 2 is 1.30 bits per heavy atom. The fourth-order valence-corrected chi connectivity index (χ4v) is 3.54. The lowest BCUT2D eigenvalue weighted by atomic mass is 9.65. The molecule has 2 aromatic carbocycles. The highest BCUT2D eigenvalue weighted by molar-refractivity contribution is 5.40. The summed E-state index contributed by atoms with van der Waals surface area (Å²) in [5.74, 6) is 0. The SMILES string of the molecule is CC1(C)CC(c2ccccc2)(c2ccccc2)CCO1. The summed E-state index contributed by atoms with van der Waals surface area (Å²) in [4.78, 5) is 0. The van der Waals surface area contributed by atoms with Gasteiger partial charge in [-0.05, 0) is 37.8 Å². The molecule has 0 radical (unpaired) electrons. The van der Waals surface area contributed by atoms with Crippen molar-refractivity contribution < 1.29 is 4.74 Å². The summed E-state index contributed by atoms with van der Waals surface area (Å²) in [6.45, 7) is 5.22.